The third kappa shape index (κ3) is 6.95. The number of benzene rings is 1. The lowest BCUT2D eigenvalue weighted by Crippen LogP contribution is -2.24. The molecule has 0 saturated carbocycles. The van der Waals surface area contributed by atoms with Crippen molar-refractivity contribution in [2.45, 2.75) is 45.8 Å². The van der Waals surface area contributed by atoms with Crippen LogP contribution < -0.4 is 9.64 Å². The van der Waals surface area contributed by atoms with Gasteiger partial charge in [0, 0.05) is 31.3 Å². The van der Waals surface area contributed by atoms with Crippen molar-refractivity contribution in [3.63, 3.8) is 0 Å². The fourth-order valence-electron chi connectivity index (χ4n) is 3.58. The van der Waals surface area contributed by atoms with E-state index in [9.17, 15) is 18.0 Å². The Hall–Kier alpha value is -3.64. The van der Waals surface area contributed by atoms with Crippen molar-refractivity contribution in [1.82, 2.24) is 14.9 Å². The van der Waals surface area contributed by atoms with Gasteiger partial charge in [-0.25, -0.2) is 4.98 Å². The number of rotatable bonds is 10. The van der Waals surface area contributed by atoms with Crippen molar-refractivity contribution in [1.29, 1.82) is 0 Å². The minimum Gasteiger partial charge on any atom is -0.493 e. The van der Waals surface area contributed by atoms with Gasteiger partial charge in [-0.3, -0.25) is 14.7 Å². The maximum Gasteiger partial charge on any atom is 0.420 e. The molecule has 1 amide bonds. The molecule has 0 saturated heterocycles. The lowest BCUT2D eigenvalue weighted by Gasteiger charge is -2.22. The highest BCUT2D eigenvalue weighted by Gasteiger charge is 2.35. The second-order valence-electron chi connectivity index (χ2n) is 8.60. The van der Waals surface area contributed by atoms with Gasteiger partial charge in [0.15, 0.2) is 5.82 Å². The minimum absolute atomic E-state index is 0.00416. The van der Waals surface area contributed by atoms with E-state index in [1.807, 2.05) is 38.1 Å². The van der Waals surface area contributed by atoms with Crippen molar-refractivity contribution in [3.8, 4) is 17.0 Å². The first-order valence-corrected chi connectivity index (χ1v) is 11.6. The van der Waals surface area contributed by atoms with Crippen LogP contribution in [-0.2, 0) is 17.5 Å². The summed E-state index contributed by atoms with van der Waals surface area (Å²) in [6.07, 6.45) is -0.563. The average Bonchev–Trinajstić information content (AvgIpc) is 2.82. The van der Waals surface area contributed by atoms with Crippen LogP contribution in [0.4, 0.5) is 24.7 Å². The number of carbonyl (C=O) groups is 1. The van der Waals surface area contributed by atoms with E-state index in [0.717, 1.165) is 29.5 Å². The molecule has 36 heavy (non-hydrogen) atoms. The first-order chi connectivity index (χ1) is 17.1. The van der Waals surface area contributed by atoms with E-state index in [-0.39, 0.29) is 23.9 Å². The van der Waals surface area contributed by atoms with Crippen molar-refractivity contribution in [2.24, 2.45) is 0 Å². The van der Waals surface area contributed by atoms with Crippen LogP contribution in [0.5, 0.6) is 5.75 Å². The van der Waals surface area contributed by atoms with Gasteiger partial charge in [0.1, 0.15) is 5.75 Å². The summed E-state index contributed by atoms with van der Waals surface area (Å²) in [5, 5.41) is 0. The normalized spacial score (nSPS) is 11.3. The molecule has 9 heteroatoms. The number of pyridine rings is 1. The molecule has 3 rings (SSSR count). The molecule has 0 aliphatic rings. The highest BCUT2D eigenvalue weighted by atomic mass is 19.4. The van der Waals surface area contributed by atoms with E-state index in [0.29, 0.717) is 24.2 Å². The van der Waals surface area contributed by atoms with Crippen LogP contribution >= 0.6 is 0 Å². The molecule has 2 aromatic heterocycles. The largest absolute Gasteiger partial charge is 0.493 e. The summed E-state index contributed by atoms with van der Waals surface area (Å²) in [6.45, 7) is 4.11. The molecule has 1 aromatic carbocycles. The number of alkyl halides is 3. The standard InChI is InChI=1S/C27H29F3N4O2/c1-5-6-7-15-36-25-14-13-22(16-23(25)27(28,29)30)34(19(2)35)26-10-8-9-24(32-26)20-11-12-21(31-17-20)18-33(3)4/h9,11-14,16-17H,5-7,15,18H2,1-4H3. The summed E-state index contributed by atoms with van der Waals surface area (Å²) in [4.78, 5) is 24.5. The van der Waals surface area contributed by atoms with Crippen molar-refractivity contribution in [3.05, 3.63) is 66.0 Å². The Balaban J connectivity index is 1.95. The molecule has 0 N–H and O–H groups in total. The predicted molar refractivity (Wildman–Crippen MR) is 132 cm³/mol. The number of amides is 1. The summed E-state index contributed by atoms with van der Waals surface area (Å²) in [5.74, 6) is -0.761. The van der Waals surface area contributed by atoms with Crippen LogP contribution in [-0.4, -0.2) is 41.5 Å². The van der Waals surface area contributed by atoms with Crippen molar-refractivity contribution < 1.29 is 22.7 Å². The number of halogens is 3. The first kappa shape index (κ1) is 27.0. The zero-order chi connectivity index (χ0) is 26.3. The number of nitrogens with zero attached hydrogens (tertiary/aromatic N) is 4. The van der Waals surface area contributed by atoms with Crippen LogP contribution in [0.25, 0.3) is 11.3 Å². The average molecular weight is 499 g/mol. The van der Waals surface area contributed by atoms with Gasteiger partial charge >= 0.3 is 6.18 Å². The van der Waals surface area contributed by atoms with E-state index in [4.69, 9.17) is 4.74 Å². The molecule has 0 fully saturated rings. The van der Waals surface area contributed by atoms with Crippen LogP contribution in [0, 0.1) is 12.1 Å². The van der Waals surface area contributed by atoms with Crippen LogP contribution in [0.3, 0.4) is 0 Å². The monoisotopic (exact) mass is 498 g/mol. The smallest absolute Gasteiger partial charge is 0.420 e. The van der Waals surface area contributed by atoms with E-state index < -0.39 is 17.6 Å². The third-order valence-electron chi connectivity index (χ3n) is 5.28. The Morgan fingerprint density at radius 3 is 2.53 bits per heavy atom. The SMILES string of the molecule is CCCCCOc1ccc(N(C(C)=O)c2c#ccc(-c3ccc(CN(C)C)nc3)n2)cc1C(F)(F)F. The molecule has 0 bridgehead atoms. The van der Waals surface area contributed by atoms with E-state index in [1.54, 1.807) is 12.3 Å². The number of anilines is 2. The molecule has 2 heterocycles. The molecule has 190 valence electrons. The van der Waals surface area contributed by atoms with E-state index in [1.165, 1.54) is 19.1 Å². The number of ether oxygens (including phenoxy) is 1. The molecule has 0 spiro atoms. The molecular weight excluding hydrogens is 469 g/mol. The summed E-state index contributed by atoms with van der Waals surface area (Å²) in [5.41, 5.74) is 1.07. The molecule has 0 unspecified atom stereocenters. The Morgan fingerprint density at radius 1 is 1.14 bits per heavy atom. The fraction of sp³-hybridized carbons (Fsp3) is 0.370. The molecule has 0 aliphatic carbocycles. The minimum atomic E-state index is -4.66. The first-order valence-electron chi connectivity index (χ1n) is 11.6. The van der Waals surface area contributed by atoms with Crippen molar-refractivity contribution in [2.75, 3.05) is 25.6 Å². The number of unbranched alkanes of at least 4 members (excludes halogenated alkanes) is 2. The van der Waals surface area contributed by atoms with Crippen LogP contribution in [0.15, 0.2) is 42.6 Å². The van der Waals surface area contributed by atoms with Gasteiger partial charge in [-0.2, -0.15) is 13.2 Å². The Labute approximate surface area is 209 Å². The number of aromatic nitrogens is 2. The van der Waals surface area contributed by atoms with E-state index >= 15 is 0 Å². The van der Waals surface area contributed by atoms with E-state index in [2.05, 4.69) is 22.1 Å². The van der Waals surface area contributed by atoms with Gasteiger partial charge < -0.3 is 9.64 Å². The summed E-state index contributed by atoms with van der Waals surface area (Å²) >= 11 is 0. The zero-order valence-electron chi connectivity index (χ0n) is 20.8. The van der Waals surface area contributed by atoms with Gasteiger partial charge in [-0.15, -0.1) is 0 Å². The van der Waals surface area contributed by atoms with Crippen molar-refractivity contribution >= 4 is 17.4 Å². The highest BCUT2D eigenvalue weighted by Crippen LogP contribution is 2.40. The topological polar surface area (TPSA) is 58.6 Å². The fourth-order valence-corrected chi connectivity index (χ4v) is 3.58. The lowest BCUT2D eigenvalue weighted by molar-refractivity contribution is -0.139. The maximum atomic E-state index is 13.8. The number of hydrogen-bond donors (Lipinski definition) is 0. The van der Waals surface area contributed by atoms with Gasteiger partial charge in [0.25, 0.3) is 0 Å². The molecule has 3 aromatic rings. The number of hydrogen-bond acceptors (Lipinski definition) is 5. The second kappa shape index (κ2) is 11.9. The summed E-state index contributed by atoms with van der Waals surface area (Å²) in [7, 11) is 3.88. The Morgan fingerprint density at radius 2 is 1.92 bits per heavy atom. The Kier molecular flexibility index (Phi) is 8.88. The maximum absolute atomic E-state index is 13.8. The molecule has 0 radical (unpaired) electrons. The van der Waals surface area contributed by atoms with Gasteiger partial charge in [0.05, 0.1) is 29.2 Å². The quantitative estimate of drug-likeness (QED) is 0.317. The third-order valence-corrected chi connectivity index (χ3v) is 5.28. The molecular formula is C27H29F3N4O2. The van der Waals surface area contributed by atoms with Gasteiger partial charge in [-0.05, 0) is 56.9 Å². The lowest BCUT2D eigenvalue weighted by atomic mass is 10.1. The molecule has 0 aliphatic heterocycles. The summed E-state index contributed by atoms with van der Waals surface area (Å²) in [6, 6.07) is 14.4. The van der Waals surface area contributed by atoms with Crippen LogP contribution in [0.1, 0.15) is 44.4 Å². The molecule has 6 nitrogen and oxygen atoms in total. The highest BCUT2D eigenvalue weighted by molar-refractivity contribution is 5.98. The number of carbonyl (C=O) groups excluding carboxylic acids is 1. The Bertz CT molecular complexity index is 1160. The molecule has 0 atom stereocenters. The van der Waals surface area contributed by atoms with Gasteiger partial charge in [-0.1, -0.05) is 25.8 Å². The van der Waals surface area contributed by atoms with Crippen LogP contribution in [0.2, 0.25) is 0 Å². The predicted octanol–water partition coefficient (Wildman–Crippen LogP) is 6.08. The second-order valence-corrected chi connectivity index (χ2v) is 8.60. The summed E-state index contributed by atoms with van der Waals surface area (Å²) < 4.78 is 46.9. The zero-order valence-corrected chi connectivity index (χ0v) is 20.8. The van der Waals surface area contributed by atoms with Gasteiger partial charge in [0.2, 0.25) is 5.91 Å².